The van der Waals surface area contributed by atoms with Gasteiger partial charge in [0.2, 0.25) is 15.9 Å². The lowest BCUT2D eigenvalue weighted by Crippen LogP contribution is -2.51. The molecule has 3 heterocycles. The topological polar surface area (TPSA) is 112 Å². The van der Waals surface area contributed by atoms with Gasteiger partial charge in [0.05, 0.1) is 17.3 Å². The van der Waals surface area contributed by atoms with Crippen LogP contribution in [-0.2, 0) is 14.8 Å². The summed E-state index contributed by atoms with van der Waals surface area (Å²) in [5, 5.41) is 6.72. The molecule has 0 saturated carbocycles. The van der Waals surface area contributed by atoms with Gasteiger partial charge in [0.15, 0.2) is 0 Å². The minimum atomic E-state index is -3.64. The molecule has 1 aromatic heterocycles. The Kier molecular flexibility index (Phi) is 6.70. The van der Waals surface area contributed by atoms with Crippen LogP contribution in [0.25, 0.3) is 0 Å². The van der Waals surface area contributed by atoms with E-state index in [1.165, 1.54) is 4.31 Å². The second-order valence-corrected chi connectivity index (χ2v) is 9.03. The number of nitrogens with zero attached hydrogens (tertiary/aromatic N) is 3. The maximum absolute atomic E-state index is 13.0. The Labute approximate surface area is 160 Å². The van der Waals surface area contributed by atoms with Gasteiger partial charge in [0.1, 0.15) is 4.90 Å². The first-order valence-electron chi connectivity index (χ1n) is 8.86. The molecule has 2 saturated heterocycles. The lowest BCUT2D eigenvalue weighted by atomic mass is 9.96. The van der Waals surface area contributed by atoms with Crippen LogP contribution in [0.1, 0.15) is 37.1 Å². The second-order valence-electron chi connectivity index (χ2n) is 7.15. The lowest BCUT2D eigenvalue weighted by molar-refractivity contribution is -0.137. The molecule has 0 bridgehead atoms. The van der Waals surface area contributed by atoms with Gasteiger partial charge in [-0.1, -0.05) is 0 Å². The van der Waals surface area contributed by atoms with Gasteiger partial charge in [-0.2, -0.15) is 9.40 Å². The number of hydrogen-bond donors (Lipinski definition) is 2. The van der Waals surface area contributed by atoms with Crippen molar-refractivity contribution in [2.24, 2.45) is 11.7 Å². The average molecular weight is 406 g/mol. The van der Waals surface area contributed by atoms with Crippen LogP contribution in [0.4, 0.5) is 0 Å². The Morgan fingerprint density at radius 1 is 1.19 bits per heavy atom. The first kappa shape index (κ1) is 21.1. The van der Waals surface area contributed by atoms with E-state index in [4.69, 9.17) is 5.73 Å². The van der Waals surface area contributed by atoms with Crippen molar-refractivity contribution in [1.29, 1.82) is 0 Å². The Morgan fingerprint density at radius 2 is 1.88 bits per heavy atom. The van der Waals surface area contributed by atoms with Gasteiger partial charge in [-0.05, 0) is 39.5 Å². The number of piperidine rings is 2. The van der Waals surface area contributed by atoms with E-state index in [0.29, 0.717) is 30.9 Å². The highest BCUT2D eigenvalue weighted by molar-refractivity contribution is 7.89. The third kappa shape index (κ3) is 4.05. The van der Waals surface area contributed by atoms with Crippen LogP contribution in [-0.4, -0.2) is 65.9 Å². The molecule has 26 heavy (non-hydrogen) atoms. The van der Waals surface area contributed by atoms with E-state index in [1.807, 2.05) is 4.90 Å². The SMILES string of the molecule is Cc1n[nH]c(C)c1S(=O)(=O)N1CCCC(C(=O)N2CCCC(N)C2)C1.Cl. The molecule has 148 valence electrons. The molecule has 0 aromatic carbocycles. The van der Waals surface area contributed by atoms with E-state index in [-0.39, 0.29) is 41.7 Å². The van der Waals surface area contributed by atoms with Crippen LogP contribution in [0.5, 0.6) is 0 Å². The summed E-state index contributed by atoms with van der Waals surface area (Å²) in [6, 6.07) is 0.0253. The van der Waals surface area contributed by atoms with Gasteiger partial charge >= 0.3 is 0 Å². The number of nitrogens with one attached hydrogen (secondary N) is 1. The van der Waals surface area contributed by atoms with Crippen LogP contribution >= 0.6 is 12.4 Å². The molecule has 1 amide bonds. The smallest absolute Gasteiger partial charge is 0.246 e. The standard InChI is InChI=1S/C16H27N5O3S.ClH/c1-11-15(12(2)19-18-11)25(23,24)21-8-3-5-13(9-21)16(22)20-7-4-6-14(17)10-20;/h13-14H,3-10,17H2,1-2H3,(H,18,19);1H. The quantitative estimate of drug-likeness (QED) is 0.772. The largest absolute Gasteiger partial charge is 0.341 e. The summed E-state index contributed by atoms with van der Waals surface area (Å²) in [5.74, 6) is -0.253. The van der Waals surface area contributed by atoms with Gasteiger partial charge in [-0.3, -0.25) is 9.89 Å². The number of aromatic amines is 1. The zero-order valence-electron chi connectivity index (χ0n) is 15.3. The number of sulfonamides is 1. The molecule has 1 aromatic rings. The second kappa shape index (κ2) is 8.24. The molecule has 10 heteroatoms. The fourth-order valence-corrected chi connectivity index (χ4v) is 5.74. The zero-order chi connectivity index (χ0) is 18.2. The summed E-state index contributed by atoms with van der Waals surface area (Å²) in [6.07, 6.45) is 3.26. The predicted octanol–water partition coefficient (Wildman–Crippen LogP) is 0.799. The number of rotatable bonds is 3. The van der Waals surface area contributed by atoms with Crippen LogP contribution < -0.4 is 5.73 Å². The van der Waals surface area contributed by atoms with Crippen LogP contribution in [0, 0.1) is 19.8 Å². The van der Waals surface area contributed by atoms with Crippen LogP contribution in [0.15, 0.2) is 4.90 Å². The van der Waals surface area contributed by atoms with Crippen molar-refractivity contribution >= 4 is 28.3 Å². The summed E-state index contributed by atoms with van der Waals surface area (Å²) in [4.78, 5) is 14.9. The maximum atomic E-state index is 13.0. The van der Waals surface area contributed by atoms with Gasteiger partial charge in [0, 0.05) is 32.2 Å². The molecule has 2 aliphatic rings. The molecule has 2 fully saturated rings. The lowest BCUT2D eigenvalue weighted by Gasteiger charge is -2.37. The van der Waals surface area contributed by atoms with Crippen molar-refractivity contribution < 1.29 is 13.2 Å². The molecule has 8 nitrogen and oxygen atoms in total. The third-order valence-corrected chi connectivity index (χ3v) is 7.29. The fourth-order valence-electron chi connectivity index (χ4n) is 3.88. The van der Waals surface area contributed by atoms with E-state index in [1.54, 1.807) is 13.8 Å². The van der Waals surface area contributed by atoms with E-state index >= 15 is 0 Å². The molecule has 3 N–H and O–H groups in total. The van der Waals surface area contributed by atoms with E-state index < -0.39 is 10.0 Å². The van der Waals surface area contributed by atoms with E-state index in [0.717, 1.165) is 25.8 Å². The number of carbonyl (C=O) groups excluding carboxylic acids is 1. The summed E-state index contributed by atoms with van der Waals surface area (Å²) < 4.78 is 27.5. The van der Waals surface area contributed by atoms with Crippen LogP contribution in [0.2, 0.25) is 0 Å². The molecule has 0 spiro atoms. The van der Waals surface area contributed by atoms with Crippen LogP contribution in [0.3, 0.4) is 0 Å². The molecule has 3 rings (SSSR count). The molecule has 2 atom stereocenters. The van der Waals surface area contributed by atoms with Gasteiger partial charge in [-0.15, -0.1) is 12.4 Å². The van der Waals surface area contributed by atoms with Gasteiger partial charge < -0.3 is 10.6 Å². The number of aryl methyl sites for hydroxylation is 2. The van der Waals surface area contributed by atoms with Gasteiger partial charge in [0.25, 0.3) is 0 Å². The summed E-state index contributed by atoms with van der Waals surface area (Å²) in [5.41, 5.74) is 6.98. The number of halogens is 1. The third-order valence-electron chi connectivity index (χ3n) is 5.16. The normalized spacial score (nSPS) is 25.0. The number of hydrogen-bond acceptors (Lipinski definition) is 5. The number of carbonyl (C=O) groups is 1. The summed E-state index contributed by atoms with van der Waals surface area (Å²) in [6.45, 7) is 5.34. The summed E-state index contributed by atoms with van der Waals surface area (Å²) >= 11 is 0. The van der Waals surface area contributed by atoms with Crippen molar-refractivity contribution in [3.05, 3.63) is 11.4 Å². The van der Waals surface area contributed by atoms with Gasteiger partial charge in [-0.25, -0.2) is 8.42 Å². The van der Waals surface area contributed by atoms with E-state index in [2.05, 4.69) is 10.2 Å². The number of aromatic nitrogens is 2. The Bertz CT molecular complexity index is 732. The number of likely N-dealkylation sites (tertiary alicyclic amines) is 1. The van der Waals surface area contributed by atoms with Crippen molar-refractivity contribution in [3.8, 4) is 0 Å². The van der Waals surface area contributed by atoms with Crippen molar-refractivity contribution in [2.45, 2.75) is 50.5 Å². The monoisotopic (exact) mass is 405 g/mol. The molecule has 0 radical (unpaired) electrons. The zero-order valence-corrected chi connectivity index (χ0v) is 16.9. The van der Waals surface area contributed by atoms with Crippen molar-refractivity contribution in [2.75, 3.05) is 26.2 Å². The van der Waals surface area contributed by atoms with Crippen molar-refractivity contribution in [1.82, 2.24) is 19.4 Å². The Balaban J connectivity index is 0.00000243. The minimum absolute atomic E-state index is 0. The minimum Gasteiger partial charge on any atom is -0.341 e. The first-order chi connectivity index (χ1) is 11.8. The average Bonchev–Trinajstić information content (AvgIpc) is 2.93. The molecule has 0 aliphatic carbocycles. The Morgan fingerprint density at radius 3 is 2.50 bits per heavy atom. The molecular formula is C16H28ClN5O3S. The Hall–Kier alpha value is -1.16. The number of H-pyrrole nitrogens is 1. The van der Waals surface area contributed by atoms with Crippen molar-refractivity contribution in [3.63, 3.8) is 0 Å². The molecule has 2 unspecified atom stereocenters. The number of nitrogens with two attached hydrogens (primary N) is 1. The fraction of sp³-hybridized carbons (Fsp3) is 0.750. The molecular weight excluding hydrogens is 378 g/mol. The molecule has 2 aliphatic heterocycles. The predicted molar refractivity (Wildman–Crippen MR) is 101 cm³/mol. The van der Waals surface area contributed by atoms with E-state index in [9.17, 15) is 13.2 Å². The highest BCUT2D eigenvalue weighted by Gasteiger charge is 2.37. The highest BCUT2D eigenvalue weighted by Crippen LogP contribution is 2.28. The summed E-state index contributed by atoms with van der Waals surface area (Å²) in [7, 11) is -3.64. The first-order valence-corrected chi connectivity index (χ1v) is 10.3. The number of amides is 1. The maximum Gasteiger partial charge on any atom is 0.246 e. The highest BCUT2D eigenvalue weighted by atomic mass is 35.5.